The molecule has 0 radical (unpaired) electrons. The van der Waals surface area contributed by atoms with Gasteiger partial charge >= 0.3 is 0 Å². The van der Waals surface area contributed by atoms with Gasteiger partial charge in [0.2, 0.25) is 11.4 Å². The first-order valence-corrected chi connectivity index (χ1v) is 16.7. The molecule has 0 aliphatic heterocycles. The Balaban J connectivity index is 1.99. The largest absolute Gasteiger partial charge is 0.212 e. The Morgan fingerprint density at radius 2 is 1.19 bits per heavy atom. The molecule has 0 saturated carbocycles. The van der Waals surface area contributed by atoms with E-state index in [-0.39, 0.29) is 5.41 Å². The van der Waals surface area contributed by atoms with E-state index in [1.54, 1.807) is 33.6 Å². The third-order valence-corrected chi connectivity index (χ3v) is 9.26. The molecule has 0 amide bonds. The molecule has 0 saturated heterocycles. The van der Waals surface area contributed by atoms with Gasteiger partial charge in [0, 0.05) is 24.6 Å². The number of benzene rings is 4. The van der Waals surface area contributed by atoms with Crippen molar-refractivity contribution in [1.82, 2.24) is 9.90 Å². The Morgan fingerprint density at radius 1 is 0.721 bits per heavy atom. The summed E-state index contributed by atoms with van der Waals surface area (Å²) in [6.45, 7) is 6.47. The number of nitrogens with zero attached hydrogens (tertiary/aromatic N) is 3. The molecule has 0 atom stereocenters. The lowest BCUT2D eigenvalue weighted by Gasteiger charge is -2.23. The van der Waals surface area contributed by atoms with Gasteiger partial charge < -0.3 is 0 Å². The van der Waals surface area contributed by atoms with E-state index in [1.807, 2.05) is 36.4 Å². The van der Waals surface area contributed by atoms with E-state index in [4.69, 9.17) is 74.8 Å². The van der Waals surface area contributed by atoms with Gasteiger partial charge in [-0.25, -0.2) is 0 Å². The average Bonchev–Trinajstić information content (AvgIpc) is 3.24. The molecule has 5 aromatic rings. The second-order valence-electron chi connectivity index (χ2n) is 10.7. The highest BCUT2D eigenvalue weighted by Gasteiger charge is 2.34. The van der Waals surface area contributed by atoms with Crippen LogP contribution in [0.4, 0.5) is 0 Å². The molecular formula is C32H22Br2Cl6N3+. The van der Waals surface area contributed by atoms with Crippen LogP contribution in [-0.2, 0) is 0 Å². The number of rotatable bonds is 5. The molecule has 11 heteroatoms. The molecule has 0 N–H and O–H groups in total. The molecule has 0 spiro atoms. The first-order chi connectivity index (χ1) is 20.2. The Labute approximate surface area is 297 Å². The highest BCUT2D eigenvalue weighted by molar-refractivity contribution is 9.10. The standard InChI is InChI=1S/C32H22Br2Cl6N3/c1-32(2,3)23(17-4-8-19(33)9-5-17)16-28-29(18-6-10-20(34)11-7-18)43(31-26(39)14-22(36)15-27(31)40)41-42(28)30-24(37)12-21(35)13-25(30)38/h4-16H,1-3H3/q+1/b23-16-. The normalized spacial score (nSPS) is 12.2. The maximum absolute atomic E-state index is 6.82. The van der Waals surface area contributed by atoms with Crippen molar-refractivity contribution in [1.29, 1.82) is 0 Å². The van der Waals surface area contributed by atoms with Crippen molar-refractivity contribution in [2.45, 2.75) is 20.8 Å². The number of hydrogen-bond donors (Lipinski definition) is 0. The minimum absolute atomic E-state index is 0.284. The van der Waals surface area contributed by atoms with Crippen molar-refractivity contribution >= 4 is 113 Å². The predicted octanol–water partition coefficient (Wildman–Crippen LogP) is 12.8. The van der Waals surface area contributed by atoms with Crippen molar-refractivity contribution in [2.75, 3.05) is 0 Å². The van der Waals surface area contributed by atoms with Crippen LogP contribution in [0, 0.1) is 5.41 Å². The van der Waals surface area contributed by atoms with E-state index in [0.717, 1.165) is 25.6 Å². The van der Waals surface area contributed by atoms with Crippen LogP contribution in [0.2, 0.25) is 30.1 Å². The summed E-state index contributed by atoms with van der Waals surface area (Å²) >= 11 is 47.0. The zero-order chi connectivity index (χ0) is 31.2. The minimum atomic E-state index is -0.284. The number of allylic oxidation sites excluding steroid dienone is 1. The van der Waals surface area contributed by atoms with Gasteiger partial charge in [0.15, 0.2) is 11.4 Å². The van der Waals surface area contributed by atoms with E-state index < -0.39 is 0 Å². The number of hydrogen-bond acceptors (Lipinski definition) is 1. The predicted molar refractivity (Wildman–Crippen MR) is 190 cm³/mol. The van der Waals surface area contributed by atoms with Crippen molar-refractivity contribution in [3.8, 4) is 22.6 Å². The second kappa shape index (κ2) is 13.1. The fraction of sp³-hybridized carbons (Fsp3) is 0.125. The summed E-state index contributed by atoms with van der Waals surface area (Å²) in [5.41, 5.74) is 4.90. The minimum Gasteiger partial charge on any atom is -0.0905 e. The lowest BCUT2D eigenvalue weighted by atomic mass is 9.81. The fourth-order valence-corrected chi connectivity index (χ4v) is 7.18. The fourth-order valence-electron chi connectivity index (χ4n) is 4.69. The maximum Gasteiger partial charge on any atom is 0.212 e. The van der Waals surface area contributed by atoms with Crippen LogP contribution in [0.5, 0.6) is 0 Å². The van der Waals surface area contributed by atoms with Gasteiger partial charge in [0.1, 0.15) is 5.21 Å². The van der Waals surface area contributed by atoms with E-state index >= 15 is 0 Å². The summed E-state index contributed by atoms with van der Waals surface area (Å²) in [5, 5.41) is 7.11. The summed E-state index contributed by atoms with van der Waals surface area (Å²) in [5.74, 6) is 0. The van der Waals surface area contributed by atoms with Gasteiger partial charge in [0.05, 0.1) is 20.1 Å². The Kier molecular flexibility index (Phi) is 9.97. The Hall–Kier alpha value is -1.54. The van der Waals surface area contributed by atoms with Gasteiger partial charge in [-0.15, -0.1) is 0 Å². The van der Waals surface area contributed by atoms with Crippen molar-refractivity contribution in [3.05, 3.63) is 123 Å². The van der Waals surface area contributed by atoms with Gasteiger partial charge in [-0.3, -0.25) is 0 Å². The van der Waals surface area contributed by atoms with Crippen LogP contribution < -0.4 is 4.68 Å². The van der Waals surface area contributed by atoms with E-state index in [0.29, 0.717) is 52.9 Å². The molecule has 1 heterocycles. The number of halogens is 8. The summed E-state index contributed by atoms with van der Waals surface area (Å²) < 4.78 is 5.29. The lowest BCUT2D eigenvalue weighted by molar-refractivity contribution is -0.650. The van der Waals surface area contributed by atoms with Crippen LogP contribution >= 0.6 is 101 Å². The molecular weight excluding hydrogens is 799 g/mol. The van der Waals surface area contributed by atoms with Crippen molar-refractivity contribution in [3.63, 3.8) is 0 Å². The molecule has 0 bridgehead atoms. The molecule has 4 aromatic carbocycles. The topological polar surface area (TPSA) is 21.7 Å². The van der Waals surface area contributed by atoms with Crippen LogP contribution in [0.15, 0.2) is 81.7 Å². The summed E-state index contributed by atoms with van der Waals surface area (Å²) in [6.07, 6.45) is 2.10. The quantitative estimate of drug-likeness (QED) is 0.162. The maximum atomic E-state index is 6.82. The molecule has 0 unspecified atom stereocenters. The van der Waals surface area contributed by atoms with Crippen molar-refractivity contribution < 1.29 is 4.68 Å². The summed E-state index contributed by atoms with van der Waals surface area (Å²) in [7, 11) is 0. The average molecular weight is 821 g/mol. The molecule has 43 heavy (non-hydrogen) atoms. The smallest absolute Gasteiger partial charge is 0.0905 e. The van der Waals surface area contributed by atoms with Crippen LogP contribution in [0.3, 0.4) is 0 Å². The first-order valence-electron chi connectivity index (χ1n) is 12.8. The third kappa shape index (κ3) is 7.00. The third-order valence-electron chi connectivity index (χ3n) is 6.61. The molecule has 0 fully saturated rings. The molecule has 5 rings (SSSR count). The Bertz CT molecular complexity index is 1830. The highest BCUT2D eigenvalue weighted by Crippen LogP contribution is 2.41. The van der Waals surface area contributed by atoms with Crippen LogP contribution in [0.25, 0.3) is 34.3 Å². The van der Waals surface area contributed by atoms with Gasteiger partial charge in [-0.05, 0) is 83.3 Å². The monoisotopic (exact) mass is 816 g/mol. The Morgan fingerprint density at radius 3 is 1.67 bits per heavy atom. The molecule has 220 valence electrons. The zero-order valence-corrected chi connectivity index (χ0v) is 30.6. The SMILES string of the molecule is CC(C)(C)/C(=C\c1c(-c2ccc(Br)cc2)[n+](-c2c(Cl)cc(Cl)cc2Cl)nn1-c1c(Cl)cc(Cl)cc1Cl)c1ccc(Br)cc1. The van der Waals surface area contributed by atoms with E-state index in [1.165, 1.54) is 0 Å². The van der Waals surface area contributed by atoms with Crippen molar-refractivity contribution in [2.24, 2.45) is 5.41 Å². The van der Waals surface area contributed by atoms with E-state index in [9.17, 15) is 0 Å². The zero-order valence-electron chi connectivity index (χ0n) is 22.9. The van der Waals surface area contributed by atoms with E-state index in [2.05, 4.69) is 70.8 Å². The summed E-state index contributed by atoms with van der Waals surface area (Å²) in [4.78, 5) is 0. The molecule has 0 aliphatic rings. The highest BCUT2D eigenvalue weighted by atomic mass is 79.9. The second-order valence-corrected chi connectivity index (χ2v) is 15.0. The first kappa shape index (κ1) is 32.8. The van der Waals surface area contributed by atoms with Crippen LogP contribution in [0.1, 0.15) is 32.0 Å². The summed E-state index contributed by atoms with van der Waals surface area (Å²) in [6, 6.07) is 22.6. The van der Waals surface area contributed by atoms with Gasteiger partial charge in [-0.2, -0.15) is 0 Å². The number of aromatic nitrogens is 3. The van der Waals surface area contributed by atoms with Crippen LogP contribution in [-0.4, -0.2) is 9.90 Å². The van der Waals surface area contributed by atoms with Gasteiger partial charge in [0.25, 0.3) is 0 Å². The lowest BCUT2D eigenvalue weighted by Crippen LogP contribution is -2.36. The molecule has 1 aromatic heterocycles. The van der Waals surface area contributed by atoms with Gasteiger partial charge in [-0.1, -0.05) is 144 Å². The molecule has 3 nitrogen and oxygen atoms in total. The molecule has 0 aliphatic carbocycles.